The fourth-order valence-electron chi connectivity index (χ4n) is 3.26. The number of rotatable bonds is 12. The quantitative estimate of drug-likeness (QED) is 0.228. The Morgan fingerprint density at radius 1 is 1.00 bits per heavy atom. The molecule has 0 aliphatic heterocycles. The standard InChI is InChI=1S/C24H31Cl3O4S/c1-5-32(28,29)16-17(2)15-31-20-9-7-18(8-10-20)24(3,4)19-13-21(26)23(22(27)14-19)30-12-6-11-25/h7-10,13-14,17H,5-6,11-12,15-16H2,1-4H3. The van der Waals surface area contributed by atoms with Gasteiger partial charge in [0.1, 0.15) is 15.6 Å². The Morgan fingerprint density at radius 3 is 2.12 bits per heavy atom. The Hall–Kier alpha value is -1.14. The monoisotopic (exact) mass is 520 g/mol. The summed E-state index contributed by atoms with van der Waals surface area (Å²) in [7, 11) is -3.01. The van der Waals surface area contributed by atoms with Crippen molar-refractivity contribution in [3.63, 3.8) is 0 Å². The van der Waals surface area contributed by atoms with Gasteiger partial charge in [0.05, 0.1) is 29.0 Å². The summed E-state index contributed by atoms with van der Waals surface area (Å²) in [5, 5.41) is 0.928. The zero-order valence-corrected chi connectivity index (χ0v) is 22.0. The maximum atomic E-state index is 11.8. The van der Waals surface area contributed by atoms with E-state index in [4.69, 9.17) is 44.3 Å². The van der Waals surface area contributed by atoms with E-state index in [0.29, 0.717) is 47.1 Å². The smallest absolute Gasteiger partial charge is 0.156 e. The topological polar surface area (TPSA) is 52.6 Å². The number of sulfone groups is 1. The summed E-state index contributed by atoms with van der Waals surface area (Å²) in [6.07, 6.45) is 0.711. The van der Waals surface area contributed by atoms with Crippen LogP contribution in [0.2, 0.25) is 10.0 Å². The lowest BCUT2D eigenvalue weighted by molar-refractivity contribution is 0.271. The van der Waals surface area contributed by atoms with Crippen LogP contribution in [0.25, 0.3) is 0 Å². The second-order valence-electron chi connectivity index (χ2n) is 8.42. The molecule has 0 bridgehead atoms. The zero-order valence-electron chi connectivity index (χ0n) is 19.0. The van der Waals surface area contributed by atoms with E-state index in [-0.39, 0.29) is 22.8 Å². The van der Waals surface area contributed by atoms with Gasteiger partial charge in [-0.25, -0.2) is 8.42 Å². The predicted octanol–water partition coefficient (Wildman–Crippen LogP) is 6.78. The van der Waals surface area contributed by atoms with Crippen LogP contribution < -0.4 is 9.47 Å². The van der Waals surface area contributed by atoms with Gasteiger partial charge in [0.25, 0.3) is 0 Å². The first-order valence-electron chi connectivity index (χ1n) is 10.6. The highest BCUT2D eigenvalue weighted by Crippen LogP contribution is 2.40. The highest BCUT2D eigenvalue weighted by atomic mass is 35.5. The number of alkyl halides is 1. The van der Waals surface area contributed by atoms with Crippen LogP contribution in [0.15, 0.2) is 36.4 Å². The summed E-state index contributed by atoms with van der Waals surface area (Å²) in [5.41, 5.74) is 1.67. The number of halogens is 3. The molecule has 0 fully saturated rings. The molecule has 0 amide bonds. The van der Waals surface area contributed by atoms with Crippen molar-refractivity contribution in [1.29, 1.82) is 0 Å². The Balaban J connectivity index is 2.11. The average Bonchev–Trinajstić information content (AvgIpc) is 2.74. The second-order valence-corrected chi connectivity index (χ2v) is 12.0. The molecular weight excluding hydrogens is 491 g/mol. The van der Waals surface area contributed by atoms with Gasteiger partial charge in [-0.3, -0.25) is 0 Å². The van der Waals surface area contributed by atoms with E-state index in [1.165, 1.54) is 0 Å². The Kier molecular flexibility index (Phi) is 10.0. The lowest BCUT2D eigenvalue weighted by Crippen LogP contribution is -2.21. The summed E-state index contributed by atoms with van der Waals surface area (Å²) < 4.78 is 35.0. The molecule has 2 aromatic carbocycles. The van der Waals surface area contributed by atoms with E-state index in [1.54, 1.807) is 6.92 Å². The molecule has 8 heteroatoms. The van der Waals surface area contributed by atoms with Crippen molar-refractivity contribution < 1.29 is 17.9 Å². The van der Waals surface area contributed by atoms with Crippen LogP contribution in [0.5, 0.6) is 11.5 Å². The first-order valence-corrected chi connectivity index (χ1v) is 13.7. The SMILES string of the molecule is CCS(=O)(=O)CC(C)COc1ccc(C(C)(C)c2cc(Cl)c(OCCCCl)c(Cl)c2)cc1. The Morgan fingerprint density at radius 2 is 1.59 bits per heavy atom. The highest BCUT2D eigenvalue weighted by Gasteiger charge is 2.26. The van der Waals surface area contributed by atoms with Crippen LogP contribution in [0.3, 0.4) is 0 Å². The van der Waals surface area contributed by atoms with Crippen LogP contribution in [0, 0.1) is 5.92 Å². The summed E-state index contributed by atoms with van der Waals surface area (Å²) in [4.78, 5) is 0. The van der Waals surface area contributed by atoms with Crippen molar-refractivity contribution >= 4 is 44.6 Å². The first kappa shape index (κ1) is 27.1. The maximum absolute atomic E-state index is 11.8. The van der Waals surface area contributed by atoms with Crippen LogP contribution >= 0.6 is 34.8 Å². The van der Waals surface area contributed by atoms with Gasteiger partial charge in [0.2, 0.25) is 0 Å². The molecule has 1 unspecified atom stereocenters. The van der Waals surface area contributed by atoms with Crippen molar-refractivity contribution in [1.82, 2.24) is 0 Å². The molecule has 1 atom stereocenters. The molecule has 0 saturated heterocycles. The van der Waals surface area contributed by atoms with Gasteiger partial charge < -0.3 is 9.47 Å². The fourth-order valence-corrected chi connectivity index (χ4v) is 5.16. The Labute approximate surface area is 207 Å². The molecule has 4 nitrogen and oxygen atoms in total. The third-order valence-corrected chi connectivity index (χ3v) is 8.12. The Bertz CT molecular complexity index is 966. The molecule has 0 aliphatic rings. The van der Waals surface area contributed by atoms with E-state index in [0.717, 1.165) is 11.1 Å². The van der Waals surface area contributed by atoms with Crippen molar-refractivity contribution in [2.75, 3.05) is 30.6 Å². The van der Waals surface area contributed by atoms with E-state index in [1.807, 2.05) is 43.3 Å². The lowest BCUT2D eigenvalue weighted by Gasteiger charge is -2.27. The molecule has 0 aliphatic carbocycles. The van der Waals surface area contributed by atoms with E-state index in [9.17, 15) is 8.42 Å². The molecule has 2 rings (SSSR count). The van der Waals surface area contributed by atoms with E-state index in [2.05, 4.69) is 13.8 Å². The normalized spacial score (nSPS) is 13.1. The van der Waals surface area contributed by atoms with Crippen LogP contribution in [-0.4, -0.2) is 39.0 Å². The summed E-state index contributed by atoms with van der Waals surface area (Å²) >= 11 is 18.6. The van der Waals surface area contributed by atoms with Crippen molar-refractivity contribution in [3.8, 4) is 11.5 Å². The zero-order chi connectivity index (χ0) is 23.9. The second kappa shape index (κ2) is 11.8. The van der Waals surface area contributed by atoms with Gasteiger partial charge in [-0.1, -0.05) is 63.0 Å². The van der Waals surface area contributed by atoms with Gasteiger partial charge in [0.15, 0.2) is 5.75 Å². The maximum Gasteiger partial charge on any atom is 0.156 e. The van der Waals surface area contributed by atoms with Gasteiger partial charge in [0, 0.05) is 23.0 Å². The molecular formula is C24H31Cl3O4S. The molecule has 0 aromatic heterocycles. The molecule has 0 heterocycles. The molecule has 0 spiro atoms. The van der Waals surface area contributed by atoms with E-state index >= 15 is 0 Å². The molecule has 0 radical (unpaired) electrons. The van der Waals surface area contributed by atoms with Crippen LogP contribution in [0.1, 0.15) is 45.2 Å². The van der Waals surface area contributed by atoms with E-state index < -0.39 is 9.84 Å². The summed E-state index contributed by atoms with van der Waals surface area (Å²) in [6.45, 7) is 8.52. The van der Waals surface area contributed by atoms with Gasteiger partial charge >= 0.3 is 0 Å². The first-order chi connectivity index (χ1) is 15.0. The van der Waals surface area contributed by atoms with Crippen LogP contribution in [-0.2, 0) is 15.3 Å². The number of benzene rings is 2. The largest absolute Gasteiger partial charge is 0.493 e. The minimum Gasteiger partial charge on any atom is -0.493 e. The minimum absolute atomic E-state index is 0.0782. The fraction of sp³-hybridized carbons (Fsp3) is 0.500. The molecule has 178 valence electrons. The number of hydrogen-bond acceptors (Lipinski definition) is 4. The summed E-state index contributed by atoms with van der Waals surface area (Å²) in [6, 6.07) is 11.5. The van der Waals surface area contributed by atoms with Gasteiger partial charge in [-0.05, 0) is 41.8 Å². The predicted molar refractivity (Wildman–Crippen MR) is 135 cm³/mol. The number of hydrogen-bond donors (Lipinski definition) is 0. The number of ether oxygens (including phenoxy) is 2. The molecule has 32 heavy (non-hydrogen) atoms. The van der Waals surface area contributed by atoms with Crippen molar-refractivity contribution in [3.05, 3.63) is 57.6 Å². The minimum atomic E-state index is -3.01. The third-order valence-electron chi connectivity index (χ3n) is 5.33. The van der Waals surface area contributed by atoms with Gasteiger partial charge in [-0.15, -0.1) is 11.6 Å². The summed E-state index contributed by atoms with van der Waals surface area (Å²) in [5.74, 6) is 1.88. The average molecular weight is 522 g/mol. The molecule has 0 saturated carbocycles. The van der Waals surface area contributed by atoms with Gasteiger partial charge in [-0.2, -0.15) is 0 Å². The molecule has 0 N–H and O–H groups in total. The van der Waals surface area contributed by atoms with Crippen molar-refractivity contribution in [2.45, 2.75) is 39.5 Å². The highest BCUT2D eigenvalue weighted by molar-refractivity contribution is 7.91. The molecule has 2 aromatic rings. The third kappa shape index (κ3) is 7.44. The van der Waals surface area contributed by atoms with Crippen molar-refractivity contribution in [2.24, 2.45) is 5.92 Å². The lowest BCUT2D eigenvalue weighted by atomic mass is 9.78. The van der Waals surface area contributed by atoms with Crippen LogP contribution in [0.4, 0.5) is 0 Å².